The van der Waals surface area contributed by atoms with E-state index in [1.807, 2.05) is 23.1 Å². The average molecular weight is 539 g/mol. The van der Waals surface area contributed by atoms with Gasteiger partial charge in [-0.15, -0.1) is 29.7 Å². The van der Waals surface area contributed by atoms with Gasteiger partial charge in [-0.25, -0.2) is 9.97 Å². The van der Waals surface area contributed by atoms with Crippen LogP contribution in [0.2, 0.25) is 0 Å². The first-order valence-corrected chi connectivity index (χ1v) is 13.8. The first kappa shape index (κ1) is 26.7. The third-order valence-corrected chi connectivity index (χ3v) is 8.10. The molecule has 1 fully saturated rings. The van der Waals surface area contributed by atoms with E-state index in [4.69, 9.17) is 9.47 Å². The number of amides is 2. The molecule has 3 heterocycles. The van der Waals surface area contributed by atoms with Crippen molar-refractivity contribution in [1.82, 2.24) is 20.2 Å². The molecule has 1 saturated heterocycles. The second-order valence-corrected chi connectivity index (χ2v) is 10.4. The van der Waals surface area contributed by atoms with E-state index in [1.54, 1.807) is 44.0 Å². The Hall–Kier alpha value is -3.37. The van der Waals surface area contributed by atoms with Crippen molar-refractivity contribution in [3.05, 3.63) is 76.4 Å². The van der Waals surface area contributed by atoms with E-state index in [2.05, 4.69) is 21.9 Å². The number of likely N-dealkylation sites (tertiary alicyclic amines) is 1. The molecule has 0 aliphatic carbocycles. The van der Waals surface area contributed by atoms with Crippen molar-refractivity contribution in [2.45, 2.75) is 30.3 Å². The van der Waals surface area contributed by atoms with Crippen molar-refractivity contribution >= 4 is 34.9 Å². The van der Waals surface area contributed by atoms with Crippen LogP contribution in [0.1, 0.15) is 50.2 Å². The van der Waals surface area contributed by atoms with E-state index < -0.39 is 0 Å². The molecule has 2 amide bonds. The number of thioether (sulfide) groups is 1. The summed E-state index contributed by atoms with van der Waals surface area (Å²) in [5.74, 6) is 2.04. The van der Waals surface area contributed by atoms with Crippen molar-refractivity contribution in [3.8, 4) is 11.5 Å². The largest absolute Gasteiger partial charge is 0.497 e. The molecular formula is C27H30N4O4S2. The van der Waals surface area contributed by atoms with Gasteiger partial charge < -0.3 is 19.7 Å². The number of rotatable bonds is 10. The van der Waals surface area contributed by atoms with Crippen LogP contribution in [0.15, 0.2) is 59.6 Å². The number of piperidine rings is 1. The maximum Gasteiger partial charge on any atom is 0.271 e. The Kier molecular flexibility index (Phi) is 9.19. The fourth-order valence-corrected chi connectivity index (χ4v) is 5.82. The van der Waals surface area contributed by atoms with Crippen molar-refractivity contribution in [2.24, 2.45) is 0 Å². The van der Waals surface area contributed by atoms with Crippen LogP contribution in [0.4, 0.5) is 0 Å². The lowest BCUT2D eigenvalue weighted by Gasteiger charge is -2.31. The quantitative estimate of drug-likeness (QED) is 0.293. The second kappa shape index (κ2) is 12.7. The third kappa shape index (κ3) is 6.69. The van der Waals surface area contributed by atoms with E-state index in [-0.39, 0.29) is 17.7 Å². The number of pyridine rings is 1. The summed E-state index contributed by atoms with van der Waals surface area (Å²) in [6, 6.07) is 9.13. The van der Waals surface area contributed by atoms with Gasteiger partial charge in [0, 0.05) is 48.9 Å². The molecule has 8 nitrogen and oxygen atoms in total. The molecule has 1 N–H and O–H groups in total. The summed E-state index contributed by atoms with van der Waals surface area (Å²) < 4.78 is 10.6. The minimum atomic E-state index is -0.224. The van der Waals surface area contributed by atoms with Gasteiger partial charge in [-0.05, 0) is 42.7 Å². The van der Waals surface area contributed by atoms with E-state index in [0.717, 1.165) is 28.4 Å². The summed E-state index contributed by atoms with van der Waals surface area (Å²) in [5, 5.41) is 6.39. The normalized spacial score (nSPS) is 13.7. The molecule has 2 aromatic heterocycles. The summed E-state index contributed by atoms with van der Waals surface area (Å²) >= 11 is 3.01. The molecule has 0 bridgehead atoms. The highest BCUT2D eigenvalue weighted by Crippen LogP contribution is 2.32. The topological polar surface area (TPSA) is 93.7 Å². The van der Waals surface area contributed by atoms with Gasteiger partial charge in [-0.1, -0.05) is 6.08 Å². The van der Waals surface area contributed by atoms with Gasteiger partial charge in [0.2, 0.25) is 0 Å². The summed E-state index contributed by atoms with van der Waals surface area (Å²) in [4.78, 5) is 36.8. The third-order valence-electron chi connectivity index (χ3n) is 6.09. The molecular weight excluding hydrogens is 508 g/mol. The predicted molar refractivity (Wildman–Crippen MR) is 146 cm³/mol. The average Bonchev–Trinajstić information content (AvgIpc) is 3.45. The highest BCUT2D eigenvalue weighted by atomic mass is 32.2. The standard InChI is InChI=1S/C27H30N4O4S2/c1-4-12-36-26-22(6-5-9-28-26)27(33)31-10-7-19(8-11-31)25-30-23(17-37-25)24(32)29-16-18-13-20(34-2)15-21(14-18)35-3/h4-6,9,13-15,17,19H,1,7-8,10-12,16H2,2-3H3,(H,29,32). The number of methoxy groups -OCH3 is 2. The van der Waals surface area contributed by atoms with Crippen LogP contribution in [0.3, 0.4) is 0 Å². The molecule has 1 aliphatic rings. The molecule has 37 heavy (non-hydrogen) atoms. The van der Waals surface area contributed by atoms with Crippen LogP contribution in [-0.4, -0.2) is 59.7 Å². The van der Waals surface area contributed by atoms with Gasteiger partial charge >= 0.3 is 0 Å². The fraction of sp³-hybridized carbons (Fsp3) is 0.333. The molecule has 3 aromatic rings. The Bertz CT molecular complexity index is 1230. The minimum absolute atomic E-state index is 0.00601. The fourth-order valence-electron chi connectivity index (χ4n) is 4.13. The number of aromatic nitrogens is 2. The summed E-state index contributed by atoms with van der Waals surface area (Å²) in [7, 11) is 3.18. The lowest BCUT2D eigenvalue weighted by Crippen LogP contribution is -2.38. The van der Waals surface area contributed by atoms with Crippen LogP contribution >= 0.6 is 23.1 Å². The molecule has 0 spiro atoms. The first-order chi connectivity index (χ1) is 18.0. The molecule has 0 radical (unpaired) electrons. The van der Waals surface area contributed by atoms with E-state index in [9.17, 15) is 9.59 Å². The van der Waals surface area contributed by atoms with Gasteiger partial charge in [-0.3, -0.25) is 9.59 Å². The smallest absolute Gasteiger partial charge is 0.271 e. The highest BCUT2D eigenvalue weighted by molar-refractivity contribution is 7.99. The van der Waals surface area contributed by atoms with Crippen LogP contribution < -0.4 is 14.8 Å². The van der Waals surface area contributed by atoms with Crippen LogP contribution in [-0.2, 0) is 6.54 Å². The lowest BCUT2D eigenvalue weighted by atomic mass is 9.97. The first-order valence-electron chi connectivity index (χ1n) is 12.0. The molecule has 1 aromatic carbocycles. The zero-order valence-corrected chi connectivity index (χ0v) is 22.6. The number of nitrogens with zero attached hydrogens (tertiary/aromatic N) is 3. The van der Waals surface area contributed by atoms with Crippen LogP contribution in [0.5, 0.6) is 11.5 Å². The predicted octanol–water partition coefficient (Wildman–Crippen LogP) is 4.78. The number of hydrogen-bond donors (Lipinski definition) is 1. The second-order valence-electron chi connectivity index (χ2n) is 8.50. The highest BCUT2D eigenvalue weighted by Gasteiger charge is 2.28. The van der Waals surface area contributed by atoms with Crippen molar-refractivity contribution in [3.63, 3.8) is 0 Å². The number of hydrogen-bond acceptors (Lipinski definition) is 8. The van der Waals surface area contributed by atoms with E-state index >= 15 is 0 Å². The molecule has 194 valence electrons. The van der Waals surface area contributed by atoms with E-state index in [1.165, 1.54) is 23.1 Å². The van der Waals surface area contributed by atoms with Gasteiger partial charge in [0.25, 0.3) is 11.8 Å². The van der Waals surface area contributed by atoms with Crippen molar-refractivity contribution < 1.29 is 19.1 Å². The maximum absolute atomic E-state index is 13.2. The van der Waals surface area contributed by atoms with Gasteiger partial charge in [-0.2, -0.15) is 0 Å². The number of benzene rings is 1. The summed E-state index contributed by atoms with van der Waals surface area (Å²) in [5.41, 5.74) is 1.92. The number of carbonyl (C=O) groups excluding carboxylic acids is 2. The summed E-state index contributed by atoms with van der Waals surface area (Å²) in [6.07, 6.45) is 5.12. The monoisotopic (exact) mass is 538 g/mol. The van der Waals surface area contributed by atoms with Gasteiger partial charge in [0.05, 0.1) is 24.8 Å². The number of nitrogens with one attached hydrogen (secondary N) is 1. The van der Waals surface area contributed by atoms with Gasteiger partial charge in [0.15, 0.2) is 0 Å². The van der Waals surface area contributed by atoms with Crippen LogP contribution in [0, 0.1) is 0 Å². The molecule has 1 aliphatic heterocycles. The number of thiazole rings is 1. The molecule has 0 saturated carbocycles. The zero-order chi connectivity index (χ0) is 26.2. The molecule has 0 unspecified atom stereocenters. The van der Waals surface area contributed by atoms with Crippen molar-refractivity contribution in [1.29, 1.82) is 0 Å². The summed E-state index contributed by atoms with van der Waals surface area (Å²) in [6.45, 7) is 5.36. The zero-order valence-electron chi connectivity index (χ0n) is 20.9. The Labute approximate surface area is 225 Å². The Morgan fingerprint density at radius 1 is 1.22 bits per heavy atom. The maximum atomic E-state index is 13.2. The Morgan fingerprint density at radius 3 is 2.62 bits per heavy atom. The molecule has 4 rings (SSSR count). The minimum Gasteiger partial charge on any atom is -0.497 e. The van der Waals surface area contributed by atoms with Crippen molar-refractivity contribution in [2.75, 3.05) is 33.1 Å². The van der Waals surface area contributed by atoms with Gasteiger partial charge in [0.1, 0.15) is 22.2 Å². The number of carbonyl (C=O) groups is 2. The molecule has 0 atom stereocenters. The Morgan fingerprint density at radius 2 is 1.95 bits per heavy atom. The molecule has 10 heteroatoms. The Balaban J connectivity index is 1.32. The number of ether oxygens (including phenoxy) is 2. The lowest BCUT2D eigenvalue weighted by molar-refractivity contribution is 0.0708. The SMILES string of the molecule is C=CCSc1ncccc1C(=O)N1CCC(c2nc(C(=O)NCc3cc(OC)cc(OC)c3)cs2)CC1. The van der Waals surface area contributed by atoms with E-state index in [0.29, 0.717) is 48.1 Å². The van der Waals surface area contributed by atoms with Crippen LogP contribution in [0.25, 0.3) is 0 Å².